The number of likely N-dealkylation sites (tertiary alicyclic amines) is 1. The van der Waals surface area contributed by atoms with Gasteiger partial charge in [-0.15, -0.1) is 24.8 Å². The van der Waals surface area contributed by atoms with Gasteiger partial charge in [-0.2, -0.15) is 0 Å². The van der Waals surface area contributed by atoms with Crippen LogP contribution in [0, 0.1) is 5.82 Å². The summed E-state index contributed by atoms with van der Waals surface area (Å²) < 4.78 is 14.6. The molecule has 2 aliphatic heterocycles. The maximum absolute atomic E-state index is 14.6. The number of hydrogen-bond acceptors (Lipinski definition) is 3. The van der Waals surface area contributed by atoms with Gasteiger partial charge in [0.25, 0.3) is 0 Å². The zero-order valence-corrected chi connectivity index (χ0v) is 15.6. The van der Waals surface area contributed by atoms with E-state index in [0.717, 1.165) is 50.0 Å². The number of fused-ring (bicyclic) bond motifs is 1. The minimum atomic E-state index is -0.257. The average Bonchev–Trinajstić information content (AvgIpc) is 2.99. The van der Waals surface area contributed by atoms with Crippen LogP contribution in [0.15, 0.2) is 12.1 Å². The van der Waals surface area contributed by atoms with E-state index >= 15 is 0 Å². The minimum Gasteiger partial charge on any atom is -0.322 e. The van der Waals surface area contributed by atoms with Crippen molar-refractivity contribution >= 4 is 36.4 Å². The molecule has 2 N–H and O–H groups in total. The number of benzene rings is 1. The number of nitrogens with one attached hydrogen (secondary N) is 2. The number of carbonyl (C=O) groups is 1. The van der Waals surface area contributed by atoms with E-state index in [4.69, 9.17) is 0 Å². The van der Waals surface area contributed by atoms with Crippen molar-refractivity contribution in [2.75, 3.05) is 25.0 Å². The molecule has 0 bridgehead atoms. The Kier molecular flexibility index (Phi) is 8.43. The molecule has 1 amide bonds. The molecule has 2 aliphatic rings. The lowest BCUT2D eigenvalue weighted by molar-refractivity contribution is -0.120. The second-order valence-electron chi connectivity index (χ2n) is 6.17. The summed E-state index contributed by atoms with van der Waals surface area (Å²) >= 11 is 0. The van der Waals surface area contributed by atoms with E-state index in [1.807, 2.05) is 6.07 Å². The third kappa shape index (κ3) is 4.39. The Morgan fingerprint density at radius 2 is 2.21 bits per heavy atom. The molecule has 1 aromatic carbocycles. The van der Waals surface area contributed by atoms with Crippen molar-refractivity contribution < 1.29 is 9.18 Å². The van der Waals surface area contributed by atoms with Gasteiger partial charge in [-0.25, -0.2) is 4.39 Å². The molecule has 0 spiro atoms. The van der Waals surface area contributed by atoms with Crippen LogP contribution in [0.5, 0.6) is 0 Å². The first-order valence-corrected chi connectivity index (χ1v) is 8.26. The van der Waals surface area contributed by atoms with Crippen LogP contribution in [0.3, 0.4) is 0 Å². The number of amides is 1. The molecule has 7 heteroatoms. The Morgan fingerprint density at radius 1 is 1.42 bits per heavy atom. The Balaban J connectivity index is 0.00000144. The Bertz CT molecular complexity index is 571. The zero-order chi connectivity index (χ0) is 15.5. The van der Waals surface area contributed by atoms with Crippen LogP contribution >= 0.6 is 24.8 Å². The molecule has 2 heterocycles. The molecule has 4 nitrogen and oxygen atoms in total. The second-order valence-corrected chi connectivity index (χ2v) is 6.17. The van der Waals surface area contributed by atoms with Crippen LogP contribution in [0.4, 0.5) is 10.1 Å². The summed E-state index contributed by atoms with van der Waals surface area (Å²) in [6.07, 6.45) is 3.61. The normalized spacial score (nSPS) is 19.8. The number of nitrogens with zero attached hydrogens (tertiary/aromatic N) is 1. The minimum absolute atomic E-state index is 0. The predicted octanol–water partition coefficient (Wildman–Crippen LogP) is 3.13. The summed E-state index contributed by atoms with van der Waals surface area (Å²) in [5.41, 5.74) is 2.07. The van der Waals surface area contributed by atoms with Gasteiger partial charge < -0.3 is 10.6 Å². The highest BCUT2D eigenvalue weighted by Crippen LogP contribution is 2.26. The monoisotopic (exact) mass is 377 g/mol. The topological polar surface area (TPSA) is 44.4 Å². The van der Waals surface area contributed by atoms with Gasteiger partial charge in [0.05, 0.1) is 11.7 Å². The van der Waals surface area contributed by atoms with Crippen LogP contribution in [0.1, 0.15) is 37.3 Å². The molecule has 1 atom stereocenters. The van der Waals surface area contributed by atoms with Crippen LogP contribution in [0.25, 0.3) is 0 Å². The first-order valence-electron chi connectivity index (χ1n) is 8.26. The molecule has 0 aromatic heterocycles. The van der Waals surface area contributed by atoms with Gasteiger partial charge >= 0.3 is 0 Å². The maximum Gasteiger partial charge on any atom is 0.241 e. The van der Waals surface area contributed by atoms with Crippen molar-refractivity contribution in [1.29, 1.82) is 0 Å². The SMILES string of the molecule is CCCN1CCCC1C(=O)Nc1ccc2c(c1F)CCNC2.Cl.Cl. The molecule has 1 saturated heterocycles. The Morgan fingerprint density at radius 3 is 2.96 bits per heavy atom. The highest BCUT2D eigenvalue weighted by Gasteiger charge is 2.30. The molecule has 1 unspecified atom stereocenters. The molecule has 0 radical (unpaired) electrons. The lowest BCUT2D eigenvalue weighted by atomic mass is 9.99. The summed E-state index contributed by atoms with van der Waals surface area (Å²) in [5, 5.41) is 6.05. The number of rotatable bonds is 4. The number of carbonyl (C=O) groups excluding carboxylic acids is 1. The Labute approximate surface area is 155 Å². The van der Waals surface area contributed by atoms with E-state index in [0.29, 0.717) is 18.7 Å². The first-order chi connectivity index (χ1) is 10.7. The lowest BCUT2D eigenvalue weighted by Crippen LogP contribution is -2.40. The number of hydrogen-bond donors (Lipinski definition) is 2. The molecule has 1 aromatic rings. The Hall–Kier alpha value is -0.880. The predicted molar refractivity (Wildman–Crippen MR) is 99.8 cm³/mol. The van der Waals surface area contributed by atoms with Crippen LogP contribution in [-0.2, 0) is 17.8 Å². The van der Waals surface area contributed by atoms with Gasteiger partial charge in [0.2, 0.25) is 5.91 Å². The summed E-state index contributed by atoms with van der Waals surface area (Å²) in [7, 11) is 0. The van der Waals surface area contributed by atoms with E-state index in [1.54, 1.807) is 6.07 Å². The maximum atomic E-state index is 14.6. The van der Waals surface area contributed by atoms with Crippen molar-refractivity contribution in [3.8, 4) is 0 Å². The van der Waals surface area contributed by atoms with Gasteiger partial charge in [-0.1, -0.05) is 13.0 Å². The molecule has 1 fully saturated rings. The molecule has 0 aliphatic carbocycles. The van der Waals surface area contributed by atoms with Crippen molar-refractivity contribution in [2.24, 2.45) is 0 Å². The fourth-order valence-electron chi connectivity index (χ4n) is 3.52. The van der Waals surface area contributed by atoms with Crippen LogP contribution in [0.2, 0.25) is 0 Å². The first kappa shape index (κ1) is 21.2. The average molecular weight is 378 g/mol. The van der Waals surface area contributed by atoms with Gasteiger partial charge in [-0.05, 0) is 62.5 Å². The standard InChI is InChI=1S/C17H24FN3O.2ClH/c1-2-9-21-10-3-4-15(21)17(22)20-14-6-5-12-11-19-8-7-13(12)16(14)18;;/h5-6,15,19H,2-4,7-11H2,1H3,(H,20,22);2*1H. The molecular formula is C17H26Cl2FN3O. The largest absolute Gasteiger partial charge is 0.322 e. The van der Waals surface area contributed by atoms with Crippen LogP contribution in [-0.4, -0.2) is 36.5 Å². The molecule has 3 rings (SSSR count). The summed E-state index contributed by atoms with van der Waals surface area (Å²) in [6.45, 7) is 5.49. The highest BCUT2D eigenvalue weighted by atomic mass is 35.5. The molecular weight excluding hydrogens is 352 g/mol. The second kappa shape index (κ2) is 9.56. The van der Waals surface area contributed by atoms with Gasteiger partial charge in [-0.3, -0.25) is 9.69 Å². The van der Waals surface area contributed by atoms with Crippen molar-refractivity contribution in [1.82, 2.24) is 10.2 Å². The molecule has 24 heavy (non-hydrogen) atoms. The van der Waals surface area contributed by atoms with E-state index in [-0.39, 0.29) is 42.6 Å². The highest BCUT2D eigenvalue weighted by molar-refractivity contribution is 5.95. The quantitative estimate of drug-likeness (QED) is 0.846. The lowest BCUT2D eigenvalue weighted by Gasteiger charge is -2.24. The third-order valence-electron chi connectivity index (χ3n) is 4.64. The van der Waals surface area contributed by atoms with Crippen molar-refractivity contribution in [2.45, 2.75) is 45.2 Å². The fourth-order valence-corrected chi connectivity index (χ4v) is 3.52. The van der Waals surface area contributed by atoms with Gasteiger partial charge in [0.15, 0.2) is 0 Å². The number of halogens is 3. The van der Waals surface area contributed by atoms with E-state index in [9.17, 15) is 9.18 Å². The fraction of sp³-hybridized carbons (Fsp3) is 0.588. The van der Waals surface area contributed by atoms with Gasteiger partial charge in [0, 0.05) is 6.54 Å². The van der Waals surface area contributed by atoms with E-state index in [1.165, 1.54) is 0 Å². The van der Waals surface area contributed by atoms with Gasteiger partial charge in [0.1, 0.15) is 5.82 Å². The summed E-state index contributed by atoms with van der Waals surface area (Å²) in [6, 6.07) is 3.49. The van der Waals surface area contributed by atoms with E-state index in [2.05, 4.69) is 22.5 Å². The van der Waals surface area contributed by atoms with Crippen LogP contribution < -0.4 is 10.6 Å². The zero-order valence-electron chi connectivity index (χ0n) is 13.9. The van der Waals surface area contributed by atoms with E-state index < -0.39 is 0 Å². The smallest absolute Gasteiger partial charge is 0.241 e. The molecule has 136 valence electrons. The third-order valence-corrected chi connectivity index (χ3v) is 4.64. The van der Waals surface area contributed by atoms with Crippen molar-refractivity contribution in [3.63, 3.8) is 0 Å². The number of anilines is 1. The molecule has 0 saturated carbocycles. The summed E-state index contributed by atoms with van der Waals surface area (Å²) in [5.74, 6) is -0.328. The summed E-state index contributed by atoms with van der Waals surface area (Å²) in [4.78, 5) is 14.7. The van der Waals surface area contributed by atoms with Crippen molar-refractivity contribution in [3.05, 3.63) is 29.1 Å².